The Labute approximate surface area is 171 Å². The van der Waals surface area contributed by atoms with E-state index in [1.54, 1.807) is 0 Å². The summed E-state index contributed by atoms with van der Waals surface area (Å²) in [5, 5.41) is 9.49. The number of aliphatic hydroxyl groups excluding tert-OH is 1. The van der Waals surface area contributed by atoms with Crippen molar-refractivity contribution in [1.29, 1.82) is 0 Å². The Morgan fingerprint density at radius 1 is 0.893 bits per heavy atom. The molecule has 28 heavy (non-hydrogen) atoms. The van der Waals surface area contributed by atoms with Crippen LogP contribution in [-0.4, -0.2) is 18.3 Å². The van der Waals surface area contributed by atoms with E-state index < -0.39 is 0 Å². The zero-order valence-electron chi connectivity index (χ0n) is 18.0. The van der Waals surface area contributed by atoms with Crippen molar-refractivity contribution < 1.29 is 14.3 Å². The standard InChI is InChI=1S/C24H42O4/c1-2-3-4-5-6-7-8-9-10-11-12-13-14-15-16-22(20-25)21-28-24-19-23(26)17-18-27-24/h17-19,22,25H,2-16,20-21H2,1H3. The fourth-order valence-electron chi connectivity index (χ4n) is 3.50. The third kappa shape index (κ3) is 13.8. The predicted octanol–water partition coefficient (Wildman–Crippen LogP) is 6.50. The highest BCUT2D eigenvalue weighted by Gasteiger charge is 2.09. The van der Waals surface area contributed by atoms with Crippen LogP contribution in [0.25, 0.3) is 0 Å². The molecule has 0 amide bonds. The van der Waals surface area contributed by atoms with Crippen molar-refractivity contribution >= 4 is 0 Å². The van der Waals surface area contributed by atoms with Crippen LogP contribution in [-0.2, 0) is 0 Å². The molecule has 1 atom stereocenters. The van der Waals surface area contributed by atoms with Gasteiger partial charge in [0.1, 0.15) is 0 Å². The molecular weight excluding hydrogens is 352 g/mol. The Balaban J connectivity index is 1.89. The number of hydrogen-bond donors (Lipinski definition) is 1. The third-order valence-electron chi connectivity index (χ3n) is 5.36. The van der Waals surface area contributed by atoms with Crippen LogP contribution in [0.2, 0.25) is 0 Å². The second kappa shape index (κ2) is 17.8. The summed E-state index contributed by atoms with van der Waals surface area (Å²) in [6, 6.07) is 2.69. The van der Waals surface area contributed by atoms with Crippen LogP contribution in [0.1, 0.15) is 103 Å². The third-order valence-corrected chi connectivity index (χ3v) is 5.36. The molecule has 1 unspecified atom stereocenters. The molecule has 4 nitrogen and oxygen atoms in total. The van der Waals surface area contributed by atoms with E-state index in [1.807, 2.05) is 0 Å². The second-order valence-electron chi connectivity index (χ2n) is 8.03. The van der Waals surface area contributed by atoms with Crippen LogP contribution in [0.3, 0.4) is 0 Å². The van der Waals surface area contributed by atoms with E-state index in [0.29, 0.717) is 6.61 Å². The van der Waals surface area contributed by atoms with Crippen LogP contribution >= 0.6 is 0 Å². The lowest BCUT2D eigenvalue weighted by atomic mass is 10.0. The topological polar surface area (TPSA) is 59.7 Å². The Bertz CT molecular complexity index is 511. The minimum Gasteiger partial charge on any atom is -0.465 e. The molecule has 0 saturated heterocycles. The highest BCUT2D eigenvalue weighted by Crippen LogP contribution is 2.16. The van der Waals surface area contributed by atoms with Crippen molar-refractivity contribution in [3.05, 3.63) is 28.6 Å². The first-order valence-electron chi connectivity index (χ1n) is 11.6. The van der Waals surface area contributed by atoms with E-state index in [1.165, 1.54) is 102 Å². The summed E-state index contributed by atoms with van der Waals surface area (Å²) in [7, 11) is 0. The average molecular weight is 395 g/mol. The molecule has 0 saturated carbocycles. The zero-order chi connectivity index (χ0) is 20.3. The SMILES string of the molecule is CCCCCCCCCCCCCCCCC(CO)COc1cc(=O)cco1. The van der Waals surface area contributed by atoms with Crippen LogP contribution in [0, 0.1) is 5.92 Å². The second-order valence-corrected chi connectivity index (χ2v) is 8.03. The first-order chi connectivity index (χ1) is 13.8. The molecule has 0 radical (unpaired) electrons. The molecule has 0 fully saturated rings. The monoisotopic (exact) mass is 394 g/mol. The van der Waals surface area contributed by atoms with Crippen LogP contribution in [0.15, 0.2) is 27.6 Å². The lowest BCUT2D eigenvalue weighted by molar-refractivity contribution is 0.133. The smallest absolute Gasteiger partial charge is 0.288 e. The van der Waals surface area contributed by atoms with Crippen molar-refractivity contribution in [2.75, 3.05) is 13.2 Å². The molecular formula is C24H42O4. The first-order valence-corrected chi connectivity index (χ1v) is 11.6. The van der Waals surface area contributed by atoms with Crippen molar-refractivity contribution in [2.45, 2.75) is 103 Å². The molecule has 1 rings (SSSR count). The van der Waals surface area contributed by atoms with Crippen molar-refractivity contribution in [3.63, 3.8) is 0 Å². The molecule has 1 heterocycles. The minimum absolute atomic E-state index is 0.0998. The van der Waals surface area contributed by atoms with Gasteiger partial charge in [0.25, 0.3) is 5.95 Å². The van der Waals surface area contributed by atoms with Gasteiger partial charge in [0.15, 0.2) is 5.43 Å². The molecule has 1 aromatic heterocycles. The molecule has 1 aromatic rings. The molecule has 0 bridgehead atoms. The molecule has 4 heteroatoms. The van der Waals surface area contributed by atoms with Gasteiger partial charge < -0.3 is 14.3 Å². The van der Waals surface area contributed by atoms with E-state index in [0.717, 1.165) is 12.8 Å². The Kier molecular flexibility index (Phi) is 15.7. The number of unbranched alkanes of at least 4 members (excludes halogenated alkanes) is 13. The lowest BCUT2D eigenvalue weighted by Crippen LogP contribution is -2.16. The number of hydrogen-bond acceptors (Lipinski definition) is 4. The molecule has 0 spiro atoms. The quantitative estimate of drug-likeness (QED) is 0.272. The summed E-state index contributed by atoms with van der Waals surface area (Å²) < 4.78 is 10.6. The fourth-order valence-corrected chi connectivity index (χ4v) is 3.50. The maximum Gasteiger partial charge on any atom is 0.288 e. The Hall–Kier alpha value is -1.29. The molecule has 0 aromatic carbocycles. The van der Waals surface area contributed by atoms with Gasteiger partial charge in [-0.05, 0) is 6.42 Å². The van der Waals surface area contributed by atoms with Crippen molar-refractivity contribution in [2.24, 2.45) is 5.92 Å². The van der Waals surface area contributed by atoms with Crippen molar-refractivity contribution in [1.82, 2.24) is 0 Å². The van der Waals surface area contributed by atoms with E-state index >= 15 is 0 Å². The predicted molar refractivity (Wildman–Crippen MR) is 116 cm³/mol. The number of aliphatic hydroxyl groups is 1. The van der Waals surface area contributed by atoms with Crippen molar-refractivity contribution in [3.8, 4) is 5.95 Å². The van der Waals surface area contributed by atoms with Gasteiger partial charge in [-0.25, -0.2) is 0 Å². The summed E-state index contributed by atoms with van der Waals surface area (Å²) in [5.41, 5.74) is -0.131. The summed E-state index contributed by atoms with van der Waals surface area (Å²) in [5.74, 6) is 0.328. The summed E-state index contributed by atoms with van der Waals surface area (Å²) in [4.78, 5) is 11.2. The van der Waals surface area contributed by atoms with Gasteiger partial charge in [-0.2, -0.15) is 0 Å². The average Bonchev–Trinajstić information content (AvgIpc) is 2.70. The van der Waals surface area contributed by atoms with Gasteiger partial charge in [-0.1, -0.05) is 96.8 Å². The highest BCUT2D eigenvalue weighted by atomic mass is 16.6. The van der Waals surface area contributed by atoms with Gasteiger partial charge in [0, 0.05) is 18.6 Å². The maximum absolute atomic E-state index is 11.2. The van der Waals surface area contributed by atoms with Crippen LogP contribution in [0.5, 0.6) is 5.95 Å². The lowest BCUT2D eigenvalue weighted by Gasteiger charge is -2.14. The highest BCUT2D eigenvalue weighted by molar-refractivity contribution is 5.04. The Morgan fingerprint density at radius 2 is 1.43 bits per heavy atom. The van der Waals surface area contributed by atoms with Crippen LogP contribution < -0.4 is 10.2 Å². The normalized spacial score (nSPS) is 12.2. The van der Waals surface area contributed by atoms with Gasteiger partial charge >= 0.3 is 0 Å². The number of rotatable bonds is 19. The van der Waals surface area contributed by atoms with Gasteiger partial charge in [0.05, 0.1) is 18.9 Å². The first kappa shape index (κ1) is 24.7. The molecule has 1 N–H and O–H groups in total. The molecule has 0 aliphatic heterocycles. The summed E-state index contributed by atoms with van der Waals surface area (Å²) in [6.45, 7) is 2.77. The largest absolute Gasteiger partial charge is 0.465 e. The molecule has 0 aliphatic rings. The van der Waals surface area contributed by atoms with Gasteiger partial charge in [0.2, 0.25) is 0 Å². The van der Waals surface area contributed by atoms with Crippen LogP contribution in [0.4, 0.5) is 0 Å². The van der Waals surface area contributed by atoms with E-state index in [2.05, 4.69) is 6.92 Å². The maximum atomic E-state index is 11.2. The summed E-state index contributed by atoms with van der Waals surface area (Å²) >= 11 is 0. The fraction of sp³-hybridized carbons (Fsp3) is 0.792. The number of ether oxygens (including phenoxy) is 1. The minimum atomic E-state index is -0.131. The summed E-state index contributed by atoms with van der Waals surface area (Å²) in [6.07, 6.45) is 21.2. The van der Waals surface area contributed by atoms with E-state index in [4.69, 9.17) is 9.15 Å². The van der Waals surface area contributed by atoms with E-state index in [-0.39, 0.29) is 23.9 Å². The van der Waals surface area contributed by atoms with Gasteiger partial charge in [-0.15, -0.1) is 0 Å². The Morgan fingerprint density at radius 3 is 1.93 bits per heavy atom. The van der Waals surface area contributed by atoms with E-state index in [9.17, 15) is 9.90 Å². The zero-order valence-corrected chi connectivity index (χ0v) is 18.0. The molecule has 0 aliphatic carbocycles. The molecule has 162 valence electrons. The van der Waals surface area contributed by atoms with Gasteiger partial charge in [-0.3, -0.25) is 4.79 Å².